The molecule has 5 aliphatic rings. The molecule has 4 bridgehead atoms. The summed E-state index contributed by atoms with van der Waals surface area (Å²) in [6.45, 7) is 2.83. The van der Waals surface area contributed by atoms with Crippen LogP contribution in [0.3, 0.4) is 0 Å². The lowest BCUT2D eigenvalue weighted by Gasteiger charge is -2.38. The van der Waals surface area contributed by atoms with Gasteiger partial charge in [-0.15, -0.1) is 0 Å². The number of ether oxygens (including phenoxy) is 1. The molecule has 6 nitrogen and oxygen atoms in total. The third-order valence-corrected chi connectivity index (χ3v) is 6.60. The van der Waals surface area contributed by atoms with Crippen molar-refractivity contribution in [3.05, 3.63) is 23.8 Å². The van der Waals surface area contributed by atoms with Gasteiger partial charge >= 0.3 is 0 Å². The van der Waals surface area contributed by atoms with Crippen LogP contribution in [0.25, 0.3) is 0 Å². The first-order valence-corrected chi connectivity index (χ1v) is 9.00. The summed E-state index contributed by atoms with van der Waals surface area (Å²) in [4.78, 5) is 23.8. The number of hydrogen-bond donors (Lipinski definition) is 1. The van der Waals surface area contributed by atoms with Crippen LogP contribution in [0.15, 0.2) is 23.2 Å². The van der Waals surface area contributed by atoms with Gasteiger partial charge in [-0.25, -0.2) is 0 Å². The van der Waals surface area contributed by atoms with E-state index in [0.717, 1.165) is 18.4 Å². The first-order valence-electron chi connectivity index (χ1n) is 9.00. The summed E-state index contributed by atoms with van der Waals surface area (Å²) < 4.78 is 6.22. The molecule has 1 aromatic rings. The fourth-order valence-electron chi connectivity index (χ4n) is 5.50. The number of hydroxylamine groups is 1. The van der Waals surface area contributed by atoms with Gasteiger partial charge in [0.1, 0.15) is 11.2 Å². The van der Waals surface area contributed by atoms with Gasteiger partial charge in [-0.1, -0.05) is 13.0 Å². The van der Waals surface area contributed by atoms with Crippen molar-refractivity contribution in [1.82, 2.24) is 0 Å². The highest BCUT2D eigenvalue weighted by Crippen LogP contribution is 2.57. The monoisotopic (exact) mass is 342 g/mol. The fraction of sp³-hybridized carbons (Fsp3) is 0.579. The smallest absolute Gasteiger partial charge is 0.264 e. The molecule has 4 heterocycles. The molecule has 1 aliphatic carbocycles. The van der Waals surface area contributed by atoms with Gasteiger partial charge in [0.2, 0.25) is 0 Å². The fourth-order valence-corrected chi connectivity index (χ4v) is 5.50. The number of phenols is 1. The molecule has 6 rings (SSSR count). The number of benzene rings is 1. The van der Waals surface area contributed by atoms with Gasteiger partial charge in [0.15, 0.2) is 0 Å². The van der Waals surface area contributed by atoms with Crippen molar-refractivity contribution in [2.45, 2.75) is 43.7 Å². The summed E-state index contributed by atoms with van der Waals surface area (Å²) in [5.74, 6) is 0.841. The van der Waals surface area contributed by atoms with E-state index in [1.54, 1.807) is 12.1 Å². The predicted octanol–water partition coefficient (Wildman–Crippen LogP) is 2.20. The summed E-state index contributed by atoms with van der Waals surface area (Å²) in [6.07, 6.45) is 2.28. The molecular weight excluding hydrogens is 320 g/mol. The zero-order valence-corrected chi connectivity index (χ0v) is 14.4. The van der Waals surface area contributed by atoms with Crippen LogP contribution in [0.4, 0.5) is 5.69 Å². The first-order chi connectivity index (χ1) is 12.1. The summed E-state index contributed by atoms with van der Waals surface area (Å²) in [5.41, 5.74) is 2.04. The quantitative estimate of drug-likeness (QED) is 0.894. The molecule has 2 saturated heterocycles. The highest BCUT2D eigenvalue weighted by molar-refractivity contribution is 6.08. The highest BCUT2D eigenvalue weighted by Gasteiger charge is 2.64. The van der Waals surface area contributed by atoms with Crippen molar-refractivity contribution < 1.29 is 19.5 Å². The Morgan fingerprint density at radius 1 is 1.48 bits per heavy atom. The Morgan fingerprint density at radius 2 is 2.32 bits per heavy atom. The van der Waals surface area contributed by atoms with E-state index in [9.17, 15) is 9.90 Å². The summed E-state index contributed by atoms with van der Waals surface area (Å²) in [7, 11) is 1.49. The summed E-state index contributed by atoms with van der Waals surface area (Å²) >= 11 is 0. The molecule has 0 unspecified atom stereocenters. The van der Waals surface area contributed by atoms with Gasteiger partial charge in [-0.3, -0.25) is 14.6 Å². The van der Waals surface area contributed by atoms with Gasteiger partial charge in [0.25, 0.3) is 5.91 Å². The van der Waals surface area contributed by atoms with E-state index in [4.69, 9.17) is 14.6 Å². The molecule has 1 spiro atoms. The molecule has 4 aliphatic heterocycles. The number of hydrogen-bond acceptors (Lipinski definition) is 5. The zero-order chi connectivity index (χ0) is 17.3. The number of anilines is 1. The average molecular weight is 342 g/mol. The zero-order valence-electron chi connectivity index (χ0n) is 14.4. The van der Waals surface area contributed by atoms with Crippen LogP contribution in [0.2, 0.25) is 0 Å². The van der Waals surface area contributed by atoms with E-state index in [1.807, 2.05) is 6.07 Å². The number of fused-ring (bicyclic) bond motifs is 2. The van der Waals surface area contributed by atoms with Crippen LogP contribution in [0.5, 0.6) is 5.75 Å². The van der Waals surface area contributed by atoms with E-state index < -0.39 is 5.41 Å². The van der Waals surface area contributed by atoms with Crippen LogP contribution in [0, 0.1) is 11.8 Å². The maximum absolute atomic E-state index is 13.4. The minimum absolute atomic E-state index is 0.0953. The van der Waals surface area contributed by atoms with E-state index in [1.165, 1.54) is 17.9 Å². The minimum Gasteiger partial charge on any atom is -0.508 e. The van der Waals surface area contributed by atoms with Crippen molar-refractivity contribution in [1.29, 1.82) is 0 Å². The average Bonchev–Trinajstić information content (AvgIpc) is 2.95. The van der Waals surface area contributed by atoms with Crippen molar-refractivity contribution in [3.63, 3.8) is 0 Å². The molecule has 3 fully saturated rings. The lowest BCUT2D eigenvalue weighted by molar-refractivity contribution is -0.137. The Kier molecular flexibility index (Phi) is 3.10. The first kappa shape index (κ1) is 15.3. The Labute approximate surface area is 146 Å². The van der Waals surface area contributed by atoms with E-state index in [0.29, 0.717) is 30.6 Å². The number of nitrogens with zero attached hydrogens (tertiary/aromatic N) is 2. The Balaban J connectivity index is 1.69. The number of phenolic OH excluding ortho intramolecular Hbond substituents is 1. The number of carbonyl (C=O) groups excluding carboxylic acids is 1. The molecule has 25 heavy (non-hydrogen) atoms. The lowest BCUT2D eigenvalue weighted by atomic mass is 9.71. The molecule has 1 N–H and O–H groups in total. The number of amides is 1. The van der Waals surface area contributed by atoms with Gasteiger partial charge in [-0.2, -0.15) is 5.06 Å². The summed E-state index contributed by atoms with van der Waals surface area (Å²) in [5, 5.41) is 11.2. The third kappa shape index (κ3) is 1.76. The molecule has 132 valence electrons. The van der Waals surface area contributed by atoms with Gasteiger partial charge in [-0.05, 0) is 30.9 Å². The predicted molar refractivity (Wildman–Crippen MR) is 91.7 cm³/mol. The second-order valence-electron chi connectivity index (χ2n) is 7.53. The van der Waals surface area contributed by atoms with E-state index in [-0.39, 0.29) is 23.8 Å². The molecule has 0 aromatic heterocycles. The van der Waals surface area contributed by atoms with Crippen LogP contribution < -0.4 is 5.06 Å². The van der Waals surface area contributed by atoms with Gasteiger partial charge in [0.05, 0.1) is 31.5 Å². The molecule has 6 heteroatoms. The van der Waals surface area contributed by atoms with E-state index >= 15 is 0 Å². The molecule has 1 aromatic carbocycles. The van der Waals surface area contributed by atoms with Crippen molar-refractivity contribution in [2.24, 2.45) is 16.8 Å². The van der Waals surface area contributed by atoms with Crippen molar-refractivity contribution in [3.8, 4) is 5.75 Å². The maximum Gasteiger partial charge on any atom is 0.264 e. The molecular formula is C19H22N2O4. The van der Waals surface area contributed by atoms with Gasteiger partial charge in [0, 0.05) is 23.6 Å². The van der Waals surface area contributed by atoms with Crippen LogP contribution in [0.1, 0.15) is 31.7 Å². The summed E-state index contributed by atoms with van der Waals surface area (Å²) in [6, 6.07) is 5.21. The Hall–Kier alpha value is -1.92. The lowest BCUT2D eigenvalue weighted by Crippen LogP contribution is -2.51. The molecule has 5 atom stereocenters. The van der Waals surface area contributed by atoms with Crippen molar-refractivity contribution in [2.75, 3.05) is 18.8 Å². The van der Waals surface area contributed by atoms with Crippen LogP contribution in [-0.2, 0) is 19.8 Å². The standard InChI is InChI=1S/C19H22N2O4/c1-3-14-11-7-17-19(8-15(20-14)12(11)9-25-17)13-5-4-10(22)6-16(13)21(24-2)18(19)23/h4-6,11-12,15,17,22H,3,7-9H2,1-2H3/t11-,12-,15+,17+,19+/m1/s1. The second kappa shape index (κ2) is 5.05. The Bertz CT molecular complexity index is 792. The SMILES string of the molecule is CCC1=N[C@H]2C[C@@]3(C(=O)N(OC)c4cc(O)ccc43)[C@@H]3C[C@@H]1[C@H]2CO3. The largest absolute Gasteiger partial charge is 0.508 e. The maximum atomic E-state index is 13.4. The minimum atomic E-state index is -0.768. The Morgan fingerprint density at radius 3 is 3.08 bits per heavy atom. The molecule has 1 amide bonds. The van der Waals surface area contributed by atoms with E-state index in [2.05, 4.69) is 6.92 Å². The number of carbonyl (C=O) groups is 1. The van der Waals surface area contributed by atoms with Crippen LogP contribution >= 0.6 is 0 Å². The topological polar surface area (TPSA) is 71.4 Å². The number of rotatable bonds is 2. The van der Waals surface area contributed by atoms with Crippen LogP contribution in [-0.4, -0.2) is 42.6 Å². The number of aliphatic imine (C=N–C) groups is 1. The molecule has 1 saturated carbocycles. The second-order valence-corrected chi connectivity index (χ2v) is 7.53. The normalized spacial score (nSPS) is 38.2. The molecule has 0 radical (unpaired) electrons. The third-order valence-electron chi connectivity index (χ3n) is 6.60. The van der Waals surface area contributed by atoms with Gasteiger partial charge < -0.3 is 9.84 Å². The number of aromatic hydroxyl groups is 1. The van der Waals surface area contributed by atoms with Crippen molar-refractivity contribution >= 4 is 17.3 Å². The highest BCUT2D eigenvalue weighted by atomic mass is 16.7.